The van der Waals surface area contributed by atoms with E-state index in [1.54, 1.807) is 0 Å². The van der Waals surface area contributed by atoms with Gasteiger partial charge < -0.3 is 15.0 Å². The average Bonchev–Trinajstić information content (AvgIpc) is 2.99. The summed E-state index contributed by atoms with van der Waals surface area (Å²) in [6, 6.07) is 7.26. The van der Waals surface area contributed by atoms with Gasteiger partial charge in [0.2, 0.25) is 5.91 Å². The standard InChI is InChI=1S/C18H23N3O3/c1-12(21-10-6-3-7-11-21)17(22)20-15-13-8-4-5-9-14(13)19-16(15)18(23)24-2/h4-5,8-9,12,19H,3,6-7,10-11H2,1-2H3,(H,20,22). The lowest BCUT2D eigenvalue weighted by Crippen LogP contribution is -2.44. The highest BCUT2D eigenvalue weighted by Crippen LogP contribution is 2.28. The molecular formula is C18H23N3O3. The Labute approximate surface area is 141 Å². The first-order chi connectivity index (χ1) is 11.6. The summed E-state index contributed by atoms with van der Waals surface area (Å²) >= 11 is 0. The molecular weight excluding hydrogens is 306 g/mol. The largest absolute Gasteiger partial charge is 0.464 e. The highest BCUT2D eigenvalue weighted by molar-refractivity contribution is 6.11. The predicted octanol–water partition coefficient (Wildman–Crippen LogP) is 2.77. The Hall–Kier alpha value is -2.34. The quantitative estimate of drug-likeness (QED) is 0.846. The third kappa shape index (κ3) is 3.14. The number of ether oxygens (including phenoxy) is 1. The van der Waals surface area contributed by atoms with Crippen LogP contribution < -0.4 is 5.32 Å². The van der Waals surface area contributed by atoms with Crippen molar-refractivity contribution in [3.05, 3.63) is 30.0 Å². The van der Waals surface area contributed by atoms with Crippen molar-refractivity contribution in [2.24, 2.45) is 0 Å². The van der Waals surface area contributed by atoms with Crippen LogP contribution in [0.15, 0.2) is 24.3 Å². The predicted molar refractivity (Wildman–Crippen MR) is 93.2 cm³/mol. The van der Waals surface area contributed by atoms with Gasteiger partial charge in [0, 0.05) is 10.9 Å². The molecule has 2 heterocycles. The molecule has 0 bridgehead atoms. The van der Waals surface area contributed by atoms with Crippen molar-refractivity contribution in [3.63, 3.8) is 0 Å². The van der Waals surface area contributed by atoms with Crippen molar-refractivity contribution in [1.82, 2.24) is 9.88 Å². The number of hydrogen-bond acceptors (Lipinski definition) is 4. The number of carbonyl (C=O) groups is 2. The molecule has 0 spiro atoms. The third-order valence-electron chi connectivity index (χ3n) is 4.66. The molecule has 1 saturated heterocycles. The first-order valence-electron chi connectivity index (χ1n) is 8.35. The molecule has 6 nitrogen and oxygen atoms in total. The molecule has 0 aliphatic carbocycles. The van der Waals surface area contributed by atoms with E-state index in [0.717, 1.165) is 36.8 Å². The van der Waals surface area contributed by atoms with E-state index in [0.29, 0.717) is 5.69 Å². The minimum Gasteiger partial charge on any atom is -0.464 e. The minimum atomic E-state index is -0.493. The number of likely N-dealkylation sites (tertiary alicyclic amines) is 1. The molecule has 128 valence electrons. The van der Waals surface area contributed by atoms with E-state index in [1.807, 2.05) is 31.2 Å². The van der Waals surface area contributed by atoms with E-state index in [4.69, 9.17) is 4.74 Å². The molecule has 2 N–H and O–H groups in total. The Morgan fingerprint density at radius 3 is 2.62 bits per heavy atom. The number of esters is 1. The molecule has 1 aromatic heterocycles. The second-order valence-electron chi connectivity index (χ2n) is 6.17. The number of piperidine rings is 1. The van der Waals surface area contributed by atoms with Gasteiger partial charge in [-0.3, -0.25) is 9.69 Å². The van der Waals surface area contributed by atoms with E-state index in [-0.39, 0.29) is 17.6 Å². The molecule has 2 aromatic rings. The Kier molecular flexibility index (Phi) is 4.85. The number of H-pyrrole nitrogens is 1. The Morgan fingerprint density at radius 2 is 1.92 bits per heavy atom. The zero-order valence-electron chi connectivity index (χ0n) is 14.1. The van der Waals surface area contributed by atoms with Gasteiger partial charge in [0.25, 0.3) is 0 Å². The smallest absolute Gasteiger partial charge is 0.356 e. The molecule has 1 atom stereocenters. The van der Waals surface area contributed by atoms with Gasteiger partial charge in [0.15, 0.2) is 0 Å². The van der Waals surface area contributed by atoms with Crippen LogP contribution in [0.2, 0.25) is 0 Å². The SMILES string of the molecule is COC(=O)c1[nH]c2ccccc2c1NC(=O)C(C)N1CCCCC1. The van der Waals surface area contributed by atoms with Gasteiger partial charge in [0.1, 0.15) is 5.69 Å². The van der Waals surface area contributed by atoms with Gasteiger partial charge in [-0.15, -0.1) is 0 Å². The molecule has 3 rings (SSSR count). The molecule has 1 amide bonds. The summed E-state index contributed by atoms with van der Waals surface area (Å²) in [5, 5.41) is 3.74. The fourth-order valence-electron chi connectivity index (χ4n) is 3.23. The zero-order chi connectivity index (χ0) is 17.1. The van der Waals surface area contributed by atoms with Crippen LogP contribution >= 0.6 is 0 Å². The van der Waals surface area contributed by atoms with E-state index < -0.39 is 5.97 Å². The fourth-order valence-corrected chi connectivity index (χ4v) is 3.23. The number of benzene rings is 1. The maximum atomic E-state index is 12.7. The molecule has 24 heavy (non-hydrogen) atoms. The molecule has 0 saturated carbocycles. The monoisotopic (exact) mass is 329 g/mol. The molecule has 1 aliphatic rings. The number of carbonyl (C=O) groups excluding carboxylic acids is 2. The summed E-state index contributed by atoms with van der Waals surface area (Å²) < 4.78 is 4.83. The maximum absolute atomic E-state index is 12.7. The summed E-state index contributed by atoms with van der Waals surface area (Å²) in [7, 11) is 1.33. The first-order valence-corrected chi connectivity index (χ1v) is 8.35. The van der Waals surface area contributed by atoms with Crippen LogP contribution in [-0.2, 0) is 9.53 Å². The molecule has 6 heteroatoms. The minimum absolute atomic E-state index is 0.105. The Bertz CT molecular complexity index is 747. The lowest BCUT2D eigenvalue weighted by Gasteiger charge is -2.31. The maximum Gasteiger partial charge on any atom is 0.356 e. The van der Waals surface area contributed by atoms with Gasteiger partial charge in [-0.2, -0.15) is 0 Å². The van der Waals surface area contributed by atoms with Crippen molar-refractivity contribution in [3.8, 4) is 0 Å². The number of amides is 1. The van der Waals surface area contributed by atoms with Crippen molar-refractivity contribution < 1.29 is 14.3 Å². The number of anilines is 1. The topological polar surface area (TPSA) is 74.4 Å². The number of aromatic amines is 1. The molecule has 1 fully saturated rings. The van der Waals surface area contributed by atoms with Crippen LogP contribution in [0.3, 0.4) is 0 Å². The summed E-state index contributed by atoms with van der Waals surface area (Å²) in [5.74, 6) is -0.598. The van der Waals surface area contributed by atoms with Crippen LogP contribution in [0.5, 0.6) is 0 Å². The van der Waals surface area contributed by atoms with Crippen molar-refractivity contribution >= 4 is 28.5 Å². The normalized spacial score (nSPS) is 16.8. The molecule has 1 unspecified atom stereocenters. The highest BCUT2D eigenvalue weighted by Gasteiger charge is 2.26. The van der Waals surface area contributed by atoms with Gasteiger partial charge in [0.05, 0.1) is 18.8 Å². The number of fused-ring (bicyclic) bond motifs is 1. The number of aromatic nitrogens is 1. The molecule has 1 aromatic carbocycles. The first kappa shape index (κ1) is 16.5. The molecule has 1 aliphatic heterocycles. The number of nitrogens with zero attached hydrogens (tertiary/aromatic N) is 1. The van der Waals surface area contributed by atoms with Crippen LogP contribution in [0, 0.1) is 0 Å². The number of methoxy groups -OCH3 is 1. The van der Waals surface area contributed by atoms with E-state index >= 15 is 0 Å². The van der Waals surface area contributed by atoms with Crippen LogP contribution in [-0.4, -0.2) is 48.0 Å². The van der Waals surface area contributed by atoms with Gasteiger partial charge in [-0.1, -0.05) is 24.6 Å². The van der Waals surface area contributed by atoms with Crippen LogP contribution in [0.4, 0.5) is 5.69 Å². The highest BCUT2D eigenvalue weighted by atomic mass is 16.5. The van der Waals surface area contributed by atoms with Gasteiger partial charge in [-0.05, 0) is 38.9 Å². The van der Waals surface area contributed by atoms with Crippen molar-refractivity contribution in [1.29, 1.82) is 0 Å². The fraction of sp³-hybridized carbons (Fsp3) is 0.444. The van der Waals surface area contributed by atoms with E-state index in [1.165, 1.54) is 13.5 Å². The van der Waals surface area contributed by atoms with Crippen molar-refractivity contribution in [2.45, 2.75) is 32.2 Å². The Balaban J connectivity index is 1.87. The second-order valence-corrected chi connectivity index (χ2v) is 6.17. The van der Waals surface area contributed by atoms with Crippen LogP contribution in [0.1, 0.15) is 36.7 Å². The third-order valence-corrected chi connectivity index (χ3v) is 4.66. The van der Waals surface area contributed by atoms with Crippen molar-refractivity contribution in [2.75, 3.05) is 25.5 Å². The second kappa shape index (κ2) is 7.05. The Morgan fingerprint density at radius 1 is 1.21 bits per heavy atom. The summed E-state index contributed by atoms with van der Waals surface area (Å²) in [6.07, 6.45) is 3.47. The van der Waals surface area contributed by atoms with Crippen LogP contribution in [0.25, 0.3) is 10.9 Å². The summed E-state index contributed by atoms with van der Waals surface area (Å²) in [5.41, 5.74) is 1.56. The number of rotatable bonds is 4. The summed E-state index contributed by atoms with van der Waals surface area (Å²) in [4.78, 5) is 30.0. The number of hydrogen-bond donors (Lipinski definition) is 2. The zero-order valence-corrected chi connectivity index (χ0v) is 14.1. The molecule has 0 radical (unpaired) electrons. The number of nitrogens with one attached hydrogen (secondary N) is 2. The number of para-hydroxylation sites is 1. The van der Waals surface area contributed by atoms with Gasteiger partial charge >= 0.3 is 5.97 Å². The summed E-state index contributed by atoms with van der Waals surface area (Å²) in [6.45, 7) is 3.78. The lowest BCUT2D eigenvalue weighted by atomic mass is 10.1. The van der Waals surface area contributed by atoms with Gasteiger partial charge in [-0.25, -0.2) is 4.79 Å². The van der Waals surface area contributed by atoms with E-state index in [2.05, 4.69) is 15.2 Å². The lowest BCUT2D eigenvalue weighted by molar-refractivity contribution is -0.121. The average molecular weight is 329 g/mol. The van der Waals surface area contributed by atoms with E-state index in [9.17, 15) is 9.59 Å².